The molecular formula is C16H18BBr3ClNO4. The Morgan fingerprint density at radius 3 is 2.65 bits per heavy atom. The minimum absolute atomic E-state index is 0.0920. The van der Waals surface area contributed by atoms with Crippen molar-refractivity contribution in [3.63, 3.8) is 0 Å². The lowest BCUT2D eigenvalue weighted by molar-refractivity contribution is -0.143. The Morgan fingerprint density at radius 2 is 2.00 bits per heavy atom. The fourth-order valence-electron chi connectivity index (χ4n) is 2.07. The van der Waals surface area contributed by atoms with Crippen molar-refractivity contribution in [3.05, 3.63) is 35.0 Å². The van der Waals surface area contributed by atoms with E-state index in [0.29, 0.717) is 35.8 Å². The Balaban J connectivity index is 0.000000765. The minimum atomic E-state index is -0.174. The molecule has 0 fully saturated rings. The molecule has 10 heteroatoms. The van der Waals surface area contributed by atoms with Crippen LogP contribution in [0.5, 0.6) is 5.75 Å². The van der Waals surface area contributed by atoms with E-state index < -0.39 is 0 Å². The zero-order valence-electron chi connectivity index (χ0n) is 14.1. The summed E-state index contributed by atoms with van der Waals surface area (Å²) in [6.07, 6.45) is 2.66. The molecule has 2 rings (SSSR count). The first-order valence-corrected chi connectivity index (χ1v) is 11.0. The second-order valence-electron chi connectivity index (χ2n) is 5.10. The highest BCUT2D eigenvalue weighted by atomic mass is 79.9. The molecule has 0 bridgehead atoms. The summed E-state index contributed by atoms with van der Waals surface area (Å²) in [4.78, 5) is 11.2. The van der Waals surface area contributed by atoms with E-state index in [0.717, 1.165) is 18.5 Å². The molecule has 142 valence electrons. The second-order valence-corrected chi connectivity index (χ2v) is 12.0. The van der Waals surface area contributed by atoms with Gasteiger partial charge in [-0.3, -0.25) is 4.79 Å². The number of benzene rings is 1. The van der Waals surface area contributed by atoms with E-state index in [1.54, 1.807) is 25.1 Å². The number of carbonyl (C=O) groups excluding carboxylic acids is 1. The Bertz CT molecular complexity index is 697. The molecule has 0 aliphatic heterocycles. The molecule has 5 nitrogen and oxygen atoms in total. The van der Waals surface area contributed by atoms with E-state index >= 15 is 0 Å². The molecule has 0 aliphatic carbocycles. The van der Waals surface area contributed by atoms with Gasteiger partial charge in [-0.05, 0) is 44.4 Å². The molecule has 0 atom stereocenters. The van der Waals surface area contributed by atoms with E-state index in [2.05, 4.69) is 52.4 Å². The van der Waals surface area contributed by atoms with E-state index in [1.807, 2.05) is 0 Å². The Kier molecular flexibility index (Phi) is 11.6. The summed E-state index contributed by atoms with van der Waals surface area (Å²) in [6, 6.07) is 6.52. The van der Waals surface area contributed by atoms with Gasteiger partial charge < -0.3 is 14.4 Å². The number of aromatic nitrogens is 1. The fraction of sp³-hybridized carbons (Fsp3) is 0.375. The predicted octanol–water partition coefficient (Wildman–Crippen LogP) is 6.13. The van der Waals surface area contributed by atoms with Crippen LogP contribution in [-0.4, -0.2) is 26.0 Å². The molecule has 1 N–H and O–H groups in total. The molecule has 0 aliphatic rings. The number of nitrogens with zero attached hydrogens (tertiary/aromatic N) is 1. The van der Waals surface area contributed by atoms with Gasteiger partial charge in [-0.15, -0.1) is 47.3 Å². The van der Waals surface area contributed by atoms with Crippen molar-refractivity contribution in [2.24, 2.45) is 0 Å². The van der Waals surface area contributed by atoms with E-state index in [4.69, 9.17) is 20.9 Å². The Morgan fingerprint density at radius 1 is 1.31 bits per heavy atom. The van der Waals surface area contributed by atoms with Gasteiger partial charge in [-0.1, -0.05) is 16.8 Å². The van der Waals surface area contributed by atoms with Crippen LogP contribution in [0, 0.1) is 0 Å². The number of aromatic hydroxyl groups is 1. The first-order valence-electron chi connectivity index (χ1n) is 7.85. The lowest BCUT2D eigenvalue weighted by atomic mass is 10.1. The maximum Gasteiger partial charge on any atom is 0.369 e. The number of hydrogen-bond donors (Lipinski definition) is 1. The Hall–Kier alpha value is -0.505. The van der Waals surface area contributed by atoms with Crippen molar-refractivity contribution in [1.82, 2.24) is 5.16 Å². The number of phenolic OH excluding ortho intramolecular Hbond substituents is 1. The van der Waals surface area contributed by atoms with Crippen molar-refractivity contribution in [1.29, 1.82) is 0 Å². The predicted molar refractivity (Wildman–Crippen MR) is 115 cm³/mol. The number of hydrogen-bond acceptors (Lipinski definition) is 5. The topological polar surface area (TPSA) is 72.6 Å². The smallest absolute Gasteiger partial charge is 0.369 e. The summed E-state index contributed by atoms with van der Waals surface area (Å²) in [5.74, 6) is 0.391. The number of aryl methyl sites for hydroxylation is 1. The van der Waals surface area contributed by atoms with E-state index in [1.165, 1.54) is 6.07 Å². The lowest BCUT2D eigenvalue weighted by Gasteiger charge is -2.00. The largest absolute Gasteiger partial charge is 0.507 e. The SMILES string of the molecule is BrB(Br)Br.CCOC(=O)CCCCc1cc(-c2cc(Cl)ccc2O)on1. The average Bonchev–Trinajstić information content (AvgIpc) is 3.02. The van der Waals surface area contributed by atoms with Crippen molar-refractivity contribution in [3.8, 4) is 17.1 Å². The van der Waals surface area contributed by atoms with Crippen LogP contribution in [0.1, 0.15) is 31.9 Å². The van der Waals surface area contributed by atoms with Crippen LogP contribution in [0.2, 0.25) is 5.02 Å². The Labute approximate surface area is 182 Å². The molecule has 0 saturated heterocycles. The summed E-state index contributed by atoms with van der Waals surface area (Å²) in [7, 11) is 0. The van der Waals surface area contributed by atoms with Gasteiger partial charge in [0.05, 0.1) is 17.9 Å². The second kappa shape index (κ2) is 12.8. The summed E-state index contributed by atoms with van der Waals surface area (Å²) >= 11 is 15.2. The number of esters is 1. The highest BCUT2D eigenvalue weighted by Crippen LogP contribution is 2.32. The summed E-state index contributed by atoms with van der Waals surface area (Å²) in [5, 5.41) is 14.3. The van der Waals surface area contributed by atoms with Gasteiger partial charge in [0.1, 0.15) is 5.75 Å². The zero-order chi connectivity index (χ0) is 19.5. The van der Waals surface area contributed by atoms with Crippen molar-refractivity contribution in [2.75, 3.05) is 6.61 Å². The quantitative estimate of drug-likeness (QED) is 0.245. The van der Waals surface area contributed by atoms with Crippen LogP contribution >= 0.6 is 58.9 Å². The molecule has 0 unspecified atom stereocenters. The number of ether oxygens (including phenoxy) is 1. The lowest BCUT2D eigenvalue weighted by Crippen LogP contribution is -2.03. The summed E-state index contributed by atoms with van der Waals surface area (Å²) in [5.41, 5.74) is 1.29. The fourth-order valence-corrected chi connectivity index (χ4v) is 2.24. The zero-order valence-corrected chi connectivity index (χ0v) is 19.6. The summed E-state index contributed by atoms with van der Waals surface area (Å²) in [6.45, 7) is 2.20. The van der Waals surface area contributed by atoms with Gasteiger partial charge >= 0.3 is 9.15 Å². The minimum Gasteiger partial charge on any atom is -0.507 e. The molecule has 26 heavy (non-hydrogen) atoms. The number of rotatable bonds is 7. The van der Waals surface area contributed by atoms with Crippen LogP contribution in [0.3, 0.4) is 0 Å². The van der Waals surface area contributed by atoms with Crippen LogP contribution in [0.4, 0.5) is 0 Å². The normalized spacial score (nSPS) is 10.0. The summed E-state index contributed by atoms with van der Waals surface area (Å²) < 4.78 is 10.4. The number of unbranched alkanes of at least 4 members (excludes halogenated alkanes) is 1. The van der Waals surface area contributed by atoms with Crippen LogP contribution < -0.4 is 0 Å². The van der Waals surface area contributed by atoms with E-state index in [-0.39, 0.29) is 14.9 Å². The standard InChI is InChI=1S/C16H18ClNO4.BBr3/c1-2-21-16(20)6-4-3-5-12-10-15(22-18-12)13-9-11(17)7-8-14(13)19;2-1(3)4/h7-10,19H,2-6H2,1H3;. The van der Waals surface area contributed by atoms with Crippen LogP contribution in [0.25, 0.3) is 11.3 Å². The maximum atomic E-state index is 11.2. The molecule has 0 saturated carbocycles. The van der Waals surface area contributed by atoms with Crippen LogP contribution in [0.15, 0.2) is 28.8 Å². The molecule has 0 spiro atoms. The maximum absolute atomic E-state index is 11.2. The van der Waals surface area contributed by atoms with Crippen LogP contribution in [-0.2, 0) is 16.0 Å². The van der Waals surface area contributed by atoms with Crippen molar-refractivity contribution in [2.45, 2.75) is 32.6 Å². The third kappa shape index (κ3) is 9.44. The van der Waals surface area contributed by atoms with Crippen molar-refractivity contribution < 1.29 is 19.2 Å². The van der Waals surface area contributed by atoms with Gasteiger partial charge in [0.2, 0.25) is 0 Å². The highest BCUT2D eigenvalue weighted by Gasteiger charge is 2.12. The average molecular weight is 574 g/mol. The van der Waals surface area contributed by atoms with Gasteiger partial charge in [-0.25, -0.2) is 0 Å². The number of carbonyl (C=O) groups is 1. The first-order chi connectivity index (χ1) is 12.3. The highest BCUT2D eigenvalue weighted by molar-refractivity contribution is 9.69. The van der Waals surface area contributed by atoms with Crippen molar-refractivity contribution >= 4 is 68.0 Å². The number of halogens is 4. The molecular weight excluding hydrogens is 556 g/mol. The molecule has 1 aromatic carbocycles. The van der Waals surface area contributed by atoms with E-state index in [9.17, 15) is 9.90 Å². The molecule has 1 aromatic heterocycles. The van der Waals surface area contributed by atoms with Gasteiger partial charge in [0.15, 0.2) is 5.76 Å². The first kappa shape index (κ1) is 23.5. The number of phenols is 1. The molecule has 0 radical (unpaired) electrons. The van der Waals surface area contributed by atoms with Gasteiger partial charge in [0, 0.05) is 17.5 Å². The molecule has 2 aromatic rings. The molecule has 1 heterocycles. The third-order valence-corrected chi connectivity index (χ3v) is 3.39. The third-order valence-electron chi connectivity index (χ3n) is 3.15. The monoisotopic (exact) mass is 571 g/mol. The van der Waals surface area contributed by atoms with Gasteiger partial charge in [0.25, 0.3) is 0 Å². The van der Waals surface area contributed by atoms with Gasteiger partial charge in [-0.2, -0.15) is 0 Å². The molecule has 0 amide bonds.